The van der Waals surface area contributed by atoms with Crippen LogP contribution in [-0.4, -0.2) is 36.0 Å². The first-order valence-electron chi connectivity index (χ1n) is 9.31. The van der Waals surface area contributed by atoms with E-state index in [1.165, 1.54) is 64.2 Å². The highest BCUT2D eigenvalue weighted by Gasteiger charge is 2.41. The van der Waals surface area contributed by atoms with Crippen molar-refractivity contribution < 1.29 is 4.79 Å². The van der Waals surface area contributed by atoms with E-state index in [9.17, 15) is 4.79 Å². The van der Waals surface area contributed by atoms with E-state index in [-0.39, 0.29) is 5.54 Å². The standard InChI is InChI=1S/C18H32N2O/c21-17(10-9-16-7-3-1-4-8-16)20-14-13-19-15-18(20)11-5-2-6-12-18/h16,19H,1-15H2. The second-order valence-corrected chi connectivity index (χ2v) is 7.55. The molecule has 0 unspecified atom stereocenters. The number of nitrogens with one attached hydrogen (secondary N) is 1. The highest BCUT2D eigenvalue weighted by molar-refractivity contribution is 5.77. The van der Waals surface area contributed by atoms with E-state index in [2.05, 4.69) is 10.2 Å². The van der Waals surface area contributed by atoms with E-state index < -0.39 is 0 Å². The number of hydrogen-bond acceptors (Lipinski definition) is 2. The predicted octanol–water partition coefficient (Wildman–Crippen LogP) is 3.48. The Morgan fingerprint density at radius 1 is 1.05 bits per heavy atom. The molecule has 1 aliphatic heterocycles. The number of carbonyl (C=O) groups is 1. The van der Waals surface area contributed by atoms with Gasteiger partial charge in [-0.3, -0.25) is 4.79 Å². The third-order valence-electron chi connectivity index (χ3n) is 6.12. The monoisotopic (exact) mass is 292 g/mol. The zero-order valence-electron chi connectivity index (χ0n) is 13.5. The van der Waals surface area contributed by atoms with Gasteiger partial charge in [-0.1, -0.05) is 51.4 Å². The van der Waals surface area contributed by atoms with Crippen molar-refractivity contribution in [2.24, 2.45) is 5.92 Å². The molecule has 1 saturated heterocycles. The van der Waals surface area contributed by atoms with Crippen LogP contribution in [0.15, 0.2) is 0 Å². The minimum atomic E-state index is 0.167. The average molecular weight is 292 g/mol. The van der Waals surface area contributed by atoms with E-state index in [1.807, 2.05) is 0 Å². The van der Waals surface area contributed by atoms with Gasteiger partial charge in [0.15, 0.2) is 0 Å². The van der Waals surface area contributed by atoms with Gasteiger partial charge in [-0.2, -0.15) is 0 Å². The zero-order valence-corrected chi connectivity index (χ0v) is 13.5. The maximum Gasteiger partial charge on any atom is 0.223 e. The van der Waals surface area contributed by atoms with Crippen molar-refractivity contribution in [3.8, 4) is 0 Å². The first-order valence-corrected chi connectivity index (χ1v) is 9.31. The third kappa shape index (κ3) is 3.61. The molecule has 2 aliphatic carbocycles. The molecule has 0 bridgehead atoms. The minimum absolute atomic E-state index is 0.167. The minimum Gasteiger partial charge on any atom is -0.334 e. The van der Waals surface area contributed by atoms with Gasteiger partial charge in [0, 0.05) is 26.1 Å². The molecule has 1 heterocycles. The van der Waals surface area contributed by atoms with Gasteiger partial charge in [0.2, 0.25) is 5.91 Å². The van der Waals surface area contributed by atoms with Gasteiger partial charge < -0.3 is 10.2 Å². The fourth-order valence-corrected chi connectivity index (χ4v) is 4.83. The summed E-state index contributed by atoms with van der Waals surface area (Å²) in [6.45, 7) is 2.95. The van der Waals surface area contributed by atoms with Crippen LogP contribution < -0.4 is 5.32 Å². The average Bonchev–Trinajstić information content (AvgIpc) is 2.55. The van der Waals surface area contributed by atoms with Gasteiger partial charge >= 0.3 is 0 Å². The molecule has 3 nitrogen and oxygen atoms in total. The molecule has 1 N–H and O–H groups in total. The van der Waals surface area contributed by atoms with Gasteiger partial charge in [0.1, 0.15) is 0 Å². The summed E-state index contributed by atoms with van der Waals surface area (Å²) in [6, 6.07) is 0. The Labute approximate surface area is 129 Å². The van der Waals surface area contributed by atoms with Crippen LogP contribution in [0.25, 0.3) is 0 Å². The number of carbonyl (C=O) groups excluding carboxylic acids is 1. The lowest BCUT2D eigenvalue weighted by Gasteiger charge is -2.50. The molecule has 0 atom stereocenters. The third-order valence-corrected chi connectivity index (χ3v) is 6.12. The van der Waals surface area contributed by atoms with Crippen molar-refractivity contribution in [3.63, 3.8) is 0 Å². The largest absolute Gasteiger partial charge is 0.334 e. The molecular weight excluding hydrogens is 260 g/mol. The molecular formula is C18H32N2O. The summed E-state index contributed by atoms with van der Waals surface area (Å²) in [5.41, 5.74) is 0.167. The van der Waals surface area contributed by atoms with Crippen LogP contribution in [0.3, 0.4) is 0 Å². The molecule has 21 heavy (non-hydrogen) atoms. The highest BCUT2D eigenvalue weighted by atomic mass is 16.2. The van der Waals surface area contributed by atoms with E-state index in [0.29, 0.717) is 5.91 Å². The van der Waals surface area contributed by atoms with E-state index in [4.69, 9.17) is 0 Å². The number of piperazine rings is 1. The van der Waals surface area contributed by atoms with Crippen LogP contribution in [0.5, 0.6) is 0 Å². The zero-order chi connectivity index (χ0) is 14.5. The summed E-state index contributed by atoms with van der Waals surface area (Å²) < 4.78 is 0. The van der Waals surface area contributed by atoms with Crippen LogP contribution in [0.1, 0.15) is 77.0 Å². The van der Waals surface area contributed by atoms with E-state index in [1.54, 1.807) is 0 Å². The molecule has 2 saturated carbocycles. The smallest absolute Gasteiger partial charge is 0.223 e. The summed E-state index contributed by atoms with van der Waals surface area (Å²) in [5, 5.41) is 3.54. The van der Waals surface area contributed by atoms with Crippen LogP contribution in [0.4, 0.5) is 0 Å². The quantitative estimate of drug-likeness (QED) is 0.863. The van der Waals surface area contributed by atoms with Crippen molar-refractivity contribution in [1.82, 2.24) is 10.2 Å². The van der Waals surface area contributed by atoms with E-state index in [0.717, 1.165) is 38.4 Å². The topological polar surface area (TPSA) is 32.3 Å². The Morgan fingerprint density at radius 2 is 1.76 bits per heavy atom. The fourth-order valence-electron chi connectivity index (χ4n) is 4.83. The lowest BCUT2D eigenvalue weighted by Crippen LogP contribution is -2.63. The summed E-state index contributed by atoms with van der Waals surface area (Å²) in [7, 11) is 0. The second kappa shape index (κ2) is 7.13. The summed E-state index contributed by atoms with van der Waals surface area (Å²) in [5.74, 6) is 1.27. The molecule has 3 rings (SSSR count). The summed E-state index contributed by atoms with van der Waals surface area (Å²) >= 11 is 0. The molecule has 120 valence electrons. The molecule has 3 heteroatoms. The maximum atomic E-state index is 12.8. The van der Waals surface area contributed by atoms with Crippen LogP contribution in [0.2, 0.25) is 0 Å². The normalized spacial score (nSPS) is 27.0. The molecule has 0 aromatic rings. The molecule has 0 radical (unpaired) electrons. The van der Waals surface area contributed by atoms with Crippen LogP contribution >= 0.6 is 0 Å². The predicted molar refractivity (Wildman–Crippen MR) is 86.2 cm³/mol. The summed E-state index contributed by atoms with van der Waals surface area (Å²) in [4.78, 5) is 15.1. The highest BCUT2D eigenvalue weighted by Crippen LogP contribution is 2.35. The van der Waals surface area contributed by atoms with Crippen molar-refractivity contribution in [2.75, 3.05) is 19.6 Å². The Balaban J connectivity index is 1.56. The number of nitrogens with zero attached hydrogens (tertiary/aromatic N) is 1. The number of hydrogen-bond donors (Lipinski definition) is 1. The molecule has 0 aromatic carbocycles. The molecule has 0 aromatic heterocycles. The first kappa shape index (κ1) is 15.3. The Morgan fingerprint density at radius 3 is 2.52 bits per heavy atom. The maximum absolute atomic E-state index is 12.8. The Bertz CT molecular complexity index is 335. The van der Waals surface area contributed by atoms with Gasteiger partial charge in [0.05, 0.1) is 5.54 Å². The number of rotatable bonds is 3. The van der Waals surface area contributed by atoms with Gasteiger partial charge in [0.25, 0.3) is 0 Å². The van der Waals surface area contributed by atoms with E-state index >= 15 is 0 Å². The van der Waals surface area contributed by atoms with Gasteiger partial charge in [-0.05, 0) is 25.2 Å². The van der Waals surface area contributed by atoms with Crippen LogP contribution in [-0.2, 0) is 4.79 Å². The Kier molecular flexibility index (Phi) is 5.20. The molecule has 3 fully saturated rings. The SMILES string of the molecule is O=C(CCC1CCCCC1)N1CCNCC12CCCCC2. The van der Waals surface area contributed by atoms with Crippen molar-refractivity contribution >= 4 is 5.91 Å². The van der Waals surface area contributed by atoms with Crippen molar-refractivity contribution in [1.29, 1.82) is 0 Å². The molecule has 1 spiro atoms. The molecule has 1 amide bonds. The lowest BCUT2D eigenvalue weighted by atomic mass is 9.78. The Hall–Kier alpha value is -0.570. The van der Waals surface area contributed by atoms with Gasteiger partial charge in [-0.15, -0.1) is 0 Å². The fraction of sp³-hybridized carbons (Fsp3) is 0.944. The van der Waals surface area contributed by atoms with Crippen molar-refractivity contribution in [2.45, 2.75) is 82.6 Å². The number of amides is 1. The summed E-state index contributed by atoms with van der Waals surface area (Å²) in [6.07, 6.45) is 15.2. The van der Waals surface area contributed by atoms with Crippen LogP contribution in [0, 0.1) is 5.92 Å². The lowest BCUT2D eigenvalue weighted by molar-refractivity contribution is -0.141. The first-order chi connectivity index (χ1) is 10.3. The van der Waals surface area contributed by atoms with Gasteiger partial charge in [-0.25, -0.2) is 0 Å². The van der Waals surface area contributed by atoms with Crippen molar-refractivity contribution in [3.05, 3.63) is 0 Å². The second-order valence-electron chi connectivity index (χ2n) is 7.55. The molecule has 3 aliphatic rings.